The molecule has 0 bridgehead atoms. The zero-order chi connectivity index (χ0) is 27.6. The van der Waals surface area contributed by atoms with E-state index in [-0.39, 0.29) is 30.5 Å². The number of rotatable bonds is 12. The van der Waals surface area contributed by atoms with Crippen molar-refractivity contribution in [3.05, 3.63) is 71.9 Å². The summed E-state index contributed by atoms with van der Waals surface area (Å²) >= 11 is 0. The molecule has 1 aliphatic rings. The number of aryl methyl sites for hydroxylation is 1. The van der Waals surface area contributed by atoms with Crippen molar-refractivity contribution < 1.29 is 18.8 Å². The topological polar surface area (TPSA) is 119 Å². The van der Waals surface area contributed by atoms with E-state index in [0.717, 1.165) is 31.2 Å². The van der Waals surface area contributed by atoms with E-state index < -0.39 is 17.7 Å². The molecule has 39 heavy (non-hydrogen) atoms. The first kappa shape index (κ1) is 28.2. The highest BCUT2D eigenvalue weighted by molar-refractivity contribution is 6.04. The van der Waals surface area contributed by atoms with Crippen LogP contribution in [-0.2, 0) is 22.4 Å². The van der Waals surface area contributed by atoms with Crippen molar-refractivity contribution in [2.45, 2.75) is 71.1 Å². The predicted octanol–water partition coefficient (Wildman–Crippen LogP) is 5.36. The Balaban J connectivity index is 1.58. The maximum Gasteiger partial charge on any atom is 0.298 e. The van der Waals surface area contributed by atoms with Crippen molar-refractivity contribution in [2.24, 2.45) is 17.6 Å². The lowest BCUT2D eigenvalue weighted by Gasteiger charge is -2.24. The molecule has 2 N–H and O–H groups in total. The second-order valence-electron chi connectivity index (χ2n) is 10.5. The minimum Gasteiger partial charge on any atom is -0.431 e. The van der Waals surface area contributed by atoms with Crippen LogP contribution in [0.2, 0.25) is 0 Å². The molecule has 1 atom stereocenters. The number of imide groups is 1. The van der Waals surface area contributed by atoms with Gasteiger partial charge in [-0.25, -0.2) is 4.98 Å². The summed E-state index contributed by atoms with van der Waals surface area (Å²) < 4.78 is 6.00. The minimum absolute atomic E-state index is 0.0133. The van der Waals surface area contributed by atoms with Gasteiger partial charge >= 0.3 is 0 Å². The van der Waals surface area contributed by atoms with Crippen molar-refractivity contribution in [1.82, 2.24) is 14.9 Å². The summed E-state index contributed by atoms with van der Waals surface area (Å²) in [5.41, 5.74) is 7.64. The molecule has 8 heteroatoms. The number of hydrogen-bond acceptors (Lipinski definition) is 6. The Morgan fingerprint density at radius 2 is 1.77 bits per heavy atom. The summed E-state index contributed by atoms with van der Waals surface area (Å²) in [7, 11) is 0. The Morgan fingerprint density at radius 3 is 2.46 bits per heavy atom. The van der Waals surface area contributed by atoms with E-state index in [0.29, 0.717) is 30.0 Å². The molecule has 8 nitrogen and oxygen atoms in total. The molecule has 4 rings (SSSR count). The number of nitrogens with zero attached hydrogens (tertiary/aromatic N) is 3. The van der Waals surface area contributed by atoms with Gasteiger partial charge in [-0.1, -0.05) is 69.4 Å². The zero-order valence-corrected chi connectivity index (χ0v) is 22.7. The van der Waals surface area contributed by atoms with Gasteiger partial charge in [0.15, 0.2) is 0 Å². The molecule has 1 aliphatic carbocycles. The SMILES string of the molecule is CC(Cc1nc(-c2ccncc2)oc1C(=O)N(CCCc1ccccc1)C(=O)CCC1CCCCC1)C(N)=O. The monoisotopic (exact) mass is 530 g/mol. The molecular formula is C31H38N4O4. The van der Waals surface area contributed by atoms with Crippen LogP contribution >= 0.6 is 0 Å². The number of hydrogen-bond donors (Lipinski definition) is 1. The van der Waals surface area contributed by atoms with Crippen LogP contribution < -0.4 is 5.73 Å². The van der Waals surface area contributed by atoms with Gasteiger partial charge in [-0.2, -0.15) is 0 Å². The Hall–Kier alpha value is -3.81. The van der Waals surface area contributed by atoms with E-state index in [2.05, 4.69) is 9.97 Å². The van der Waals surface area contributed by atoms with Gasteiger partial charge in [-0.15, -0.1) is 0 Å². The van der Waals surface area contributed by atoms with Crippen LogP contribution in [0.5, 0.6) is 0 Å². The zero-order valence-electron chi connectivity index (χ0n) is 22.7. The summed E-state index contributed by atoms with van der Waals surface area (Å²) in [6.07, 6.45) is 11.8. The second kappa shape index (κ2) is 13.8. The van der Waals surface area contributed by atoms with Gasteiger partial charge in [0, 0.05) is 43.3 Å². The van der Waals surface area contributed by atoms with Crippen LogP contribution in [0.15, 0.2) is 59.3 Å². The molecule has 0 aliphatic heterocycles. The van der Waals surface area contributed by atoms with Gasteiger partial charge in [-0.3, -0.25) is 24.3 Å². The number of carbonyl (C=O) groups is 3. The first-order valence-corrected chi connectivity index (χ1v) is 14.0. The quantitative estimate of drug-likeness (QED) is 0.337. The third-order valence-corrected chi connectivity index (χ3v) is 7.53. The smallest absolute Gasteiger partial charge is 0.298 e. The van der Waals surface area contributed by atoms with Crippen LogP contribution in [0.25, 0.3) is 11.5 Å². The van der Waals surface area contributed by atoms with Crippen molar-refractivity contribution in [2.75, 3.05) is 6.54 Å². The standard InChI is InChI=1S/C31H38N4O4/c1-22(29(32)37)21-26-28(39-30(34-26)25-16-18-33-19-17-25)31(38)35(20-8-13-23-9-4-2-5-10-23)27(36)15-14-24-11-6-3-7-12-24/h2,4-5,9-10,16-19,22,24H,3,6-8,11-15,20-21H2,1H3,(H2,32,37). The van der Waals surface area contributed by atoms with Crippen molar-refractivity contribution in [3.63, 3.8) is 0 Å². The van der Waals surface area contributed by atoms with Crippen molar-refractivity contribution >= 4 is 17.7 Å². The Labute approximate surface area is 230 Å². The third kappa shape index (κ3) is 7.85. The van der Waals surface area contributed by atoms with Crippen molar-refractivity contribution in [1.29, 1.82) is 0 Å². The first-order valence-electron chi connectivity index (χ1n) is 14.0. The fraction of sp³-hybridized carbons (Fsp3) is 0.452. The molecule has 3 amide bonds. The lowest BCUT2D eigenvalue weighted by Crippen LogP contribution is -2.38. The highest BCUT2D eigenvalue weighted by atomic mass is 16.4. The van der Waals surface area contributed by atoms with E-state index in [1.165, 1.54) is 24.2 Å². The van der Waals surface area contributed by atoms with Crippen LogP contribution in [0, 0.1) is 11.8 Å². The molecule has 2 heterocycles. The van der Waals surface area contributed by atoms with Crippen molar-refractivity contribution in [3.8, 4) is 11.5 Å². The Kier molecular flexibility index (Phi) is 10.00. The van der Waals surface area contributed by atoms with Crippen LogP contribution in [0.1, 0.15) is 80.1 Å². The number of carbonyl (C=O) groups excluding carboxylic acids is 3. The van der Waals surface area contributed by atoms with Gasteiger partial charge in [0.05, 0.1) is 5.69 Å². The lowest BCUT2D eigenvalue weighted by atomic mass is 9.86. The molecule has 0 saturated heterocycles. The molecular weight excluding hydrogens is 492 g/mol. The molecule has 206 valence electrons. The lowest BCUT2D eigenvalue weighted by molar-refractivity contribution is -0.129. The minimum atomic E-state index is -0.555. The molecule has 0 spiro atoms. The number of primary amides is 1. The predicted molar refractivity (Wildman–Crippen MR) is 148 cm³/mol. The molecule has 1 fully saturated rings. The average molecular weight is 531 g/mol. The number of pyridine rings is 1. The van der Waals surface area contributed by atoms with Gasteiger partial charge < -0.3 is 10.2 Å². The molecule has 1 aromatic carbocycles. The number of aromatic nitrogens is 2. The Bertz CT molecular complexity index is 1240. The van der Waals surface area contributed by atoms with E-state index in [1.807, 2.05) is 30.3 Å². The van der Waals surface area contributed by atoms with E-state index in [4.69, 9.17) is 10.2 Å². The molecule has 2 aromatic heterocycles. The fourth-order valence-corrected chi connectivity index (χ4v) is 5.15. The van der Waals surface area contributed by atoms with Gasteiger partial charge in [0.1, 0.15) is 0 Å². The number of nitrogens with two attached hydrogens (primary N) is 1. The second-order valence-corrected chi connectivity index (χ2v) is 10.5. The first-order chi connectivity index (χ1) is 18.9. The summed E-state index contributed by atoms with van der Waals surface area (Å²) in [6.45, 7) is 1.96. The average Bonchev–Trinajstić information content (AvgIpc) is 3.39. The molecule has 1 saturated carbocycles. The van der Waals surface area contributed by atoms with Crippen LogP contribution in [0.3, 0.4) is 0 Å². The summed E-state index contributed by atoms with van der Waals surface area (Å²) in [4.78, 5) is 49.2. The highest BCUT2D eigenvalue weighted by Crippen LogP contribution is 2.29. The van der Waals surface area contributed by atoms with Gasteiger partial charge in [0.25, 0.3) is 5.91 Å². The Morgan fingerprint density at radius 1 is 1.05 bits per heavy atom. The molecule has 0 radical (unpaired) electrons. The van der Waals surface area contributed by atoms with E-state index >= 15 is 0 Å². The van der Waals surface area contributed by atoms with E-state index in [9.17, 15) is 14.4 Å². The largest absolute Gasteiger partial charge is 0.431 e. The highest BCUT2D eigenvalue weighted by Gasteiger charge is 2.31. The fourth-order valence-electron chi connectivity index (χ4n) is 5.15. The van der Waals surface area contributed by atoms with Crippen LogP contribution in [0.4, 0.5) is 0 Å². The van der Waals surface area contributed by atoms with Gasteiger partial charge in [0.2, 0.25) is 23.5 Å². The molecule has 3 aromatic rings. The summed E-state index contributed by atoms with van der Waals surface area (Å²) in [6, 6.07) is 13.5. The van der Waals surface area contributed by atoms with Gasteiger partial charge in [-0.05, 0) is 42.9 Å². The number of oxazole rings is 1. The molecule has 1 unspecified atom stereocenters. The number of benzene rings is 1. The third-order valence-electron chi connectivity index (χ3n) is 7.53. The summed E-state index contributed by atoms with van der Waals surface area (Å²) in [5.74, 6) is -1.01. The maximum absolute atomic E-state index is 13.9. The number of amides is 3. The van der Waals surface area contributed by atoms with Crippen LogP contribution in [-0.4, -0.2) is 39.1 Å². The normalized spacial score (nSPS) is 14.6. The summed E-state index contributed by atoms with van der Waals surface area (Å²) in [5, 5.41) is 0. The maximum atomic E-state index is 13.9. The van der Waals surface area contributed by atoms with E-state index in [1.54, 1.807) is 31.5 Å².